The second kappa shape index (κ2) is 8.75. The van der Waals surface area contributed by atoms with Crippen LogP contribution in [0, 0.1) is 11.8 Å². The Morgan fingerprint density at radius 2 is 0.789 bits per heavy atom. The molecule has 0 saturated carbocycles. The number of rotatable bonds is 0. The SMILES string of the molecule is CC(C)(C)c1cc(C#Cc2cc(C(C)(C)C)cc3ccc4ccccc4c23)c2c(ccc3ccccc32)c1. The minimum atomic E-state index is 0.0331. The van der Waals surface area contributed by atoms with E-state index in [4.69, 9.17) is 0 Å². The van der Waals surface area contributed by atoms with Crippen molar-refractivity contribution < 1.29 is 0 Å². The fraction of sp³-hybridized carbons (Fsp3) is 0.211. The van der Waals surface area contributed by atoms with Crippen molar-refractivity contribution in [2.45, 2.75) is 52.4 Å². The zero-order valence-corrected chi connectivity index (χ0v) is 23.2. The molecule has 0 heterocycles. The maximum Gasteiger partial charge on any atom is 0.0336 e. The van der Waals surface area contributed by atoms with Crippen molar-refractivity contribution in [2.75, 3.05) is 0 Å². The molecule has 0 aromatic heterocycles. The van der Waals surface area contributed by atoms with E-state index in [0.29, 0.717) is 0 Å². The van der Waals surface area contributed by atoms with Crippen LogP contribution < -0.4 is 0 Å². The Morgan fingerprint density at radius 3 is 1.18 bits per heavy atom. The third-order valence-electron chi connectivity index (χ3n) is 7.75. The van der Waals surface area contributed by atoms with Crippen molar-refractivity contribution >= 4 is 43.1 Å². The van der Waals surface area contributed by atoms with Crippen LogP contribution in [0.1, 0.15) is 63.8 Å². The Hall–Kier alpha value is -4.08. The number of hydrogen-bond donors (Lipinski definition) is 0. The van der Waals surface area contributed by atoms with Crippen molar-refractivity contribution in [3.8, 4) is 11.8 Å². The predicted octanol–water partition coefficient (Wildman–Crippen LogP) is 10.3. The van der Waals surface area contributed by atoms with E-state index in [1.54, 1.807) is 0 Å². The lowest BCUT2D eigenvalue weighted by atomic mass is 9.83. The average molecular weight is 491 g/mol. The van der Waals surface area contributed by atoms with E-state index in [2.05, 4.69) is 150 Å². The van der Waals surface area contributed by atoms with Gasteiger partial charge in [-0.1, -0.05) is 138 Å². The molecule has 0 heteroatoms. The van der Waals surface area contributed by atoms with Crippen molar-refractivity contribution in [3.63, 3.8) is 0 Å². The van der Waals surface area contributed by atoms with Gasteiger partial charge in [0.15, 0.2) is 0 Å². The van der Waals surface area contributed by atoms with Gasteiger partial charge in [-0.3, -0.25) is 0 Å². The van der Waals surface area contributed by atoms with Gasteiger partial charge >= 0.3 is 0 Å². The molecule has 0 aliphatic rings. The molecule has 0 atom stereocenters. The third kappa shape index (κ3) is 4.23. The summed E-state index contributed by atoms with van der Waals surface area (Å²) in [5.74, 6) is 7.39. The highest BCUT2D eigenvalue weighted by Gasteiger charge is 2.18. The van der Waals surface area contributed by atoms with Crippen LogP contribution in [0.15, 0.2) is 97.1 Å². The average Bonchev–Trinajstić information content (AvgIpc) is 2.89. The number of benzene rings is 6. The van der Waals surface area contributed by atoms with Gasteiger partial charge in [0.1, 0.15) is 0 Å². The highest BCUT2D eigenvalue weighted by Crippen LogP contribution is 2.35. The van der Waals surface area contributed by atoms with Crippen LogP contribution in [0.5, 0.6) is 0 Å². The molecule has 186 valence electrons. The Kier molecular flexibility index (Phi) is 5.59. The van der Waals surface area contributed by atoms with Crippen molar-refractivity contribution in [1.29, 1.82) is 0 Å². The molecule has 0 nitrogen and oxygen atoms in total. The fourth-order valence-corrected chi connectivity index (χ4v) is 5.49. The normalized spacial score (nSPS) is 12.3. The van der Waals surface area contributed by atoms with E-state index in [0.717, 1.165) is 11.1 Å². The molecule has 0 spiro atoms. The van der Waals surface area contributed by atoms with Gasteiger partial charge in [0, 0.05) is 21.9 Å². The molecule has 0 unspecified atom stereocenters. The van der Waals surface area contributed by atoms with Gasteiger partial charge < -0.3 is 0 Å². The first kappa shape index (κ1) is 24.3. The highest BCUT2D eigenvalue weighted by molar-refractivity contribution is 6.12. The number of fused-ring (bicyclic) bond motifs is 6. The van der Waals surface area contributed by atoms with E-state index >= 15 is 0 Å². The van der Waals surface area contributed by atoms with Crippen molar-refractivity contribution in [3.05, 3.63) is 119 Å². The Balaban J connectivity index is 1.70. The van der Waals surface area contributed by atoms with Crippen LogP contribution in [0.25, 0.3) is 43.1 Å². The molecule has 0 saturated heterocycles. The standard InChI is InChI=1S/C38H34/c1-37(2,3)31-21-27-17-15-25-11-7-9-13-33(25)35(27)29(23-31)19-20-30-24-32(38(4,5)6)22-28-18-16-26-12-8-10-14-34(26)36(28)30/h7-18,21-24H,1-6H3. The summed E-state index contributed by atoms with van der Waals surface area (Å²) in [6.45, 7) is 13.7. The first-order valence-electron chi connectivity index (χ1n) is 13.5. The Morgan fingerprint density at radius 1 is 0.421 bits per heavy atom. The second-order valence-corrected chi connectivity index (χ2v) is 12.6. The van der Waals surface area contributed by atoms with Crippen LogP contribution in [0.2, 0.25) is 0 Å². The molecule has 0 bridgehead atoms. The molecule has 6 rings (SSSR count). The molecule has 0 aliphatic heterocycles. The smallest absolute Gasteiger partial charge is 0.0336 e. The highest BCUT2D eigenvalue weighted by atomic mass is 14.2. The van der Waals surface area contributed by atoms with E-state index in [9.17, 15) is 0 Å². The van der Waals surface area contributed by atoms with E-state index in [1.807, 2.05) is 0 Å². The maximum absolute atomic E-state index is 3.69. The summed E-state index contributed by atoms with van der Waals surface area (Å²) in [6.07, 6.45) is 0. The van der Waals surface area contributed by atoms with E-state index in [1.165, 1.54) is 54.2 Å². The number of hydrogen-bond acceptors (Lipinski definition) is 0. The first-order chi connectivity index (χ1) is 18.1. The van der Waals surface area contributed by atoms with Crippen LogP contribution in [-0.2, 0) is 10.8 Å². The first-order valence-corrected chi connectivity index (χ1v) is 13.5. The van der Waals surface area contributed by atoms with E-state index in [-0.39, 0.29) is 10.8 Å². The van der Waals surface area contributed by atoms with Crippen LogP contribution >= 0.6 is 0 Å². The summed E-state index contributed by atoms with van der Waals surface area (Å²) in [5, 5.41) is 9.99. The summed E-state index contributed by atoms with van der Waals surface area (Å²) >= 11 is 0. The minimum Gasteiger partial charge on any atom is -0.0616 e. The maximum atomic E-state index is 3.69. The Labute approximate surface area is 226 Å². The fourth-order valence-electron chi connectivity index (χ4n) is 5.49. The Bertz CT molecular complexity index is 1780. The largest absolute Gasteiger partial charge is 0.0616 e. The lowest BCUT2D eigenvalue weighted by molar-refractivity contribution is 0.590. The molecule has 0 fully saturated rings. The summed E-state index contributed by atoms with van der Waals surface area (Å²) in [7, 11) is 0. The quantitative estimate of drug-likeness (QED) is 0.147. The predicted molar refractivity (Wildman–Crippen MR) is 166 cm³/mol. The summed E-state index contributed by atoms with van der Waals surface area (Å²) < 4.78 is 0. The van der Waals surface area contributed by atoms with E-state index < -0.39 is 0 Å². The van der Waals surface area contributed by atoms with Crippen LogP contribution in [0.4, 0.5) is 0 Å². The van der Waals surface area contributed by atoms with Gasteiger partial charge in [-0.15, -0.1) is 0 Å². The molecule has 6 aromatic rings. The molecule has 0 aliphatic carbocycles. The summed E-state index contributed by atoms with van der Waals surface area (Å²) in [5.41, 5.74) is 4.88. The third-order valence-corrected chi connectivity index (χ3v) is 7.75. The molecular formula is C38H34. The lowest BCUT2D eigenvalue weighted by Gasteiger charge is -2.21. The van der Waals surface area contributed by atoms with Gasteiger partial charge in [0.05, 0.1) is 0 Å². The zero-order chi connectivity index (χ0) is 26.7. The molecule has 0 N–H and O–H groups in total. The van der Waals surface area contributed by atoms with Gasteiger partial charge in [0.2, 0.25) is 0 Å². The van der Waals surface area contributed by atoms with Gasteiger partial charge in [-0.05, 0) is 66.4 Å². The molecule has 0 amide bonds. The van der Waals surface area contributed by atoms with Gasteiger partial charge in [0.25, 0.3) is 0 Å². The second-order valence-electron chi connectivity index (χ2n) is 12.6. The summed E-state index contributed by atoms with van der Waals surface area (Å²) in [6, 6.07) is 35.6. The minimum absolute atomic E-state index is 0.0331. The van der Waals surface area contributed by atoms with Crippen molar-refractivity contribution in [1.82, 2.24) is 0 Å². The lowest BCUT2D eigenvalue weighted by Crippen LogP contribution is -2.11. The molecule has 6 aromatic carbocycles. The molecule has 38 heavy (non-hydrogen) atoms. The van der Waals surface area contributed by atoms with Gasteiger partial charge in [-0.25, -0.2) is 0 Å². The van der Waals surface area contributed by atoms with Crippen LogP contribution in [-0.4, -0.2) is 0 Å². The van der Waals surface area contributed by atoms with Crippen molar-refractivity contribution in [2.24, 2.45) is 0 Å². The topological polar surface area (TPSA) is 0 Å². The molecule has 0 radical (unpaired) electrons. The zero-order valence-electron chi connectivity index (χ0n) is 23.2. The monoisotopic (exact) mass is 490 g/mol. The molecular weight excluding hydrogens is 456 g/mol. The van der Waals surface area contributed by atoms with Crippen LogP contribution in [0.3, 0.4) is 0 Å². The summed E-state index contributed by atoms with van der Waals surface area (Å²) in [4.78, 5) is 0. The van der Waals surface area contributed by atoms with Gasteiger partial charge in [-0.2, -0.15) is 0 Å².